The second-order valence-electron chi connectivity index (χ2n) is 5.46. The molecule has 1 aliphatic rings. The van der Waals surface area contributed by atoms with Crippen molar-refractivity contribution in [2.45, 2.75) is 58.0 Å². The van der Waals surface area contributed by atoms with Crippen LogP contribution in [0.2, 0.25) is 5.02 Å². The van der Waals surface area contributed by atoms with Gasteiger partial charge in [-0.2, -0.15) is 5.10 Å². The third-order valence-corrected chi connectivity index (χ3v) is 4.83. The van der Waals surface area contributed by atoms with E-state index >= 15 is 0 Å². The first-order valence-electron chi connectivity index (χ1n) is 6.94. The van der Waals surface area contributed by atoms with Crippen LogP contribution in [0.3, 0.4) is 0 Å². The van der Waals surface area contributed by atoms with E-state index in [4.69, 9.17) is 11.6 Å². The highest BCUT2D eigenvalue weighted by atomic mass is 35.5. The Bertz CT molecular complexity index is 430. The Morgan fingerprint density at radius 3 is 2.78 bits per heavy atom. The van der Waals surface area contributed by atoms with E-state index in [0.29, 0.717) is 12.3 Å². The molecule has 1 N–H and O–H groups in total. The van der Waals surface area contributed by atoms with Crippen LogP contribution >= 0.6 is 11.6 Å². The summed E-state index contributed by atoms with van der Waals surface area (Å²) in [5, 5.41) is 16.0. The zero-order valence-corrected chi connectivity index (χ0v) is 12.3. The van der Waals surface area contributed by atoms with E-state index in [-0.39, 0.29) is 0 Å². The minimum absolute atomic E-state index is 0.397. The summed E-state index contributed by atoms with van der Waals surface area (Å²) < 4.78 is 1.84. The maximum atomic E-state index is 10.8. The summed E-state index contributed by atoms with van der Waals surface area (Å²) >= 11 is 6.37. The number of aromatic nitrogens is 2. The molecule has 1 fully saturated rings. The zero-order chi connectivity index (χ0) is 13.3. The Morgan fingerprint density at radius 2 is 2.22 bits per heavy atom. The molecule has 2 rings (SSSR count). The van der Waals surface area contributed by atoms with Gasteiger partial charge in [-0.1, -0.05) is 38.3 Å². The van der Waals surface area contributed by atoms with Gasteiger partial charge < -0.3 is 5.11 Å². The maximum Gasteiger partial charge on any atom is 0.0850 e. The van der Waals surface area contributed by atoms with Gasteiger partial charge in [0.25, 0.3) is 0 Å². The zero-order valence-electron chi connectivity index (χ0n) is 11.5. The van der Waals surface area contributed by atoms with Crippen LogP contribution in [0.1, 0.15) is 50.9 Å². The molecule has 3 nitrogen and oxygen atoms in total. The number of nitrogens with zero attached hydrogens (tertiary/aromatic N) is 2. The standard InChI is InChI=1S/C14H23ClN2O/c1-4-10-7-6-8-14(10,18)9-12-13(15)11(5-2)16-17(12)3/h10,18H,4-9H2,1-3H3. The third kappa shape index (κ3) is 2.30. The van der Waals surface area contributed by atoms with Crippen molar-refractivity contribution in [3.63, 3.8) is 0 Å². The average molecular weight is 271 g/mol. The van der Waals surface area contributed by atoms with Crippen LogP contribution in [-0.2, 0) is 19.9 Å². The van der Waals surface area contributed by atoms with E-state index in [9.17, 15) is 5.11 Å². The SMILES string of the molecule is CCc1nn(C)c(CC2(O)CCCC2CC)c1Cl. The van der Waals surface area contributed by atoms with Gasteiger partial charge in [0.05, 0.1) is 22.0 Å². The van der Waals surface area contributed by atoms with Crippen molar-refractivity contribution in [1.29, 1.82) is 0 Å². The summed E-state index contributed by atoms with van der Waals surface area (Å²) in [5.74, 6) is 0.397. The minimum Gasteiger partial charge on any atom is -0.389 e. The lowest BCUT2D eigenvalue weighted by atomic mass is 9.84. The van der Waals surface area contributed by atoms with Gasteiger partial charge in [-0.05, 0) is 25.2 Å². The number of hydrogen-bond donors (Lipinski definition) is 1. The maximum absolute atomic E-state index is 10.8. The molecule has 102 valence electrons. The molecule has 2 atom stereocenters. The highest BCUT2D eigenvalue weighted by Gasteiger charge is 2.41. The summed E-state index contributed by atoms with van der Waals surface area (Å²) in [6.45, 7) is 4.21. The van der Waals surface area contributed by atoms with Gasteiger partial charge in [-0.15, -0.1) is 0 Å². The summed E-state index contributed by atoms with van der Waals surface area (Å²) in [5.41, 5.74) is 1.33. The van der Waals surface area contributed by atoms with Crippen molar-refractivity contribution in [3.05, 3.63) is 16.4 Å². The van der Waals surface area contributed by atoms with Gasteiger partial charge in [0.2, 0.25) is 0 Å². The molecule has 0 bridgehead atoms. The lowest BCUT2D eigenvalue weighted by Crippen LogP contribution is -2.36. The quantitative estimate of drug-likeness (QED) is 0.913. The van der Waals surface area contributed by atoms with Crippen molar-refractivity contribution >= 4 is 11.6 Å². The van der Waals surface area contributed by atoms with Crippen LogP contribution in [-0.4, -0.2) is 20.5 Å². The van der Waals surface area contributed by atoms with E-state index < -0.39 is 5.60 Å². The first-order valence-corrected chi connectivity index (χ1v) is 7.32. The summed E-state index contributed by atoms with van der Waals surface area (Å²) in [4.78, 5) is 0. The normalized spacial score (nSPS) is 27.9. The molecule has 0 spiro atoms. The van der Waals surface area contributed by atoms with Gasteiger partial charge in [0, 0.05) is 13.5 Å². The molecule has 1 aliphatic carbocycles. The fourth-order valence-electron chi connectivity index (χ4n) is 3.25. The molecule has 1 saturated carbocycles. The van der Waals surface area contributed by atoms with E-state index in [1.807, 2.05) is 11.7 Å². The van der Waals surface area contributed by atoms with Crippen LogP contribution in [0, 0.1) is 5.92 Å². The fraction of sp³-hybridized carbons (Fsp3) is 0.786. The molecule has 0 aromatic carbocycles. The van der Waals surface area contributed by atoms with E-state index in [1.54, 1.807) is 0 Å². The van der Waals surface area contributed by atoms with Gasteiger partial charge in [0.15, 0.2) is 0 Å². The minimum atomic E-state index is -0.586. The van der Waals surface area contributed by atoms with E-state index in [1.165, 1.54) is 0 Å². The highest BCUT2D eigenvalue weighted by Crippen LogP contribution is 2.41. The van der Waals surface area contributed by atoms with Crippen LogP contribution in [0.25, 0.3) is 0 Å². The Balaban J connectivity index is 2.26. The topological polar surface area (TPSA) is 38.0 Å². The number of hydrogen-bond acceptors (Lipinski definition) is 2. The molecule has 1 aromatic rings. The van der Waals surface area contributed by atoms with Gasteiger partial charge in [-0.25, -0.2) is 0 Å². The molecule has 0 amide bonds. The second-order valence-corrected chi connectivity index (χ2v) is 5.84. The fourth-order valence-corrected chi connectivity index (χ4v) is 3.61. The first-order chi connectivity index (χ1) is 8.51. The Hall–Kier alpha value is -0.540. The molecular weight excluding hydrogens is 248 g/mol. The van der Waals surface area contributed by atoms with E-state index in [0.717, 1.165) is 48.5 Å². The van der Waals surface area contributed by atoms with Crippen molar-refractivity contribution in [2.75, 3.05) is 0 Å². The largest absolute Gasteiger partial charge is 0.389 e. The summed E-state index contributed by atoms with van der Waals surface area (Å²) in [7, 11) is 1.92. The Kier molecular flexibility index (Phi) is 4.02. The molecule has 1 heterocycles. The number of halogens is 1. The van der Waals surface area contributed by atoms with Crippen LogP contribution in [0.5, 0.6) is 0 Å². The molecule has 0 aliphatic heterocycles. The van der Waals surface area contributed by atoms with Crippen LogP contribution in [0.4, 0.5) is 0 Å². The lowest BCUT2D eigenvalue weighted by Gasteiger charge is -2.29. The van der Waals surface area contributed by atoms with Crippen molar-refractivity contribution in [1.82, 2.24) is 9.78 Å². The predicted octanol–water partition coefficient (Wildman–Crippen LogP) is 3.12. The molecule has 1 aromatic heterocycles. The smallest absolute Gasteiger partial charge is 0.0850 e. The summed E-state index contributed by atoms with van der Waals surface area (Å²) in [6, 6.07) is 0. The van der Waals surface area contributed by atoms with Crippen molar-refractivity contribution < 1.29 is 5.11 Å². The monoisotopic (exact) mass is 270 g/mol. The predicted molar refractivity (Wildman–Crippen MR) is 73.9 cm³/mol. The molecular formula is C14H23ClN2O. The second kappa shape index (κ2) is 5.22. The molecule has 4 heteroatoms. The number of aryl methyl sites for hydroxylation is 2. The number of rotatable bonds is 4. The van der Waals surface area contributed by atoms with E-state index in [2.05, 4.69) is 18.9 Å². The van der Waals surface area contributed by atoms with Gasteiger partial charge in [0.1, 0.15) is 0 Å². The Labute approximate surface area is 114 Å². The molecule has 0 radical (unpaired) electrons. The molecule has 2 unspecified atom stereocenters. The first kappa shape index (κ1) is 13.9. The number of aliphatic hydroxyl groups is 1. The van der Waals surface area contributed by atoms with Gasteiger partial charge >= 0.3 is 0 Å². The van der Waals surface area contributed by atoms with Gasteiger partial charge in [-0.3, -0.25) is 4.68 Å². The summed E-state index contributed by atoms with van der Waals surface area (Å²) in [6.07, 6.45) is 5.63. The molecule has 0 saturated heterocycles. The average Bonchev–Trinajstić information content (AvgIpc) is 2.84. The molecule has 18 heavy (non-hydrogen) atoms. The highest BCUT2D eigenvalue weighted by molar-refractivity contribution is 6.31. The third-order valence-electron chi connectivity index (χ3n) is 4.39. The Morgan fingerprint density at radius 1 is 1.50 bits per heavy atom. The lowest BCUT2D eigenvalue weighted by molar-refractivity contribution is -0.0000915. The van der Waals surface area contributed by atoms with Crippen molar-refractivity contribution in [3.8, 4) is 0 Å². The van der Waals surface area contributed by atoms with Crippen LogP contribution in [0.15, 0.2) is 0 Å². The van der Waals surface area contributed by atoms with Crippen LogP contribution < -0.4 is 0 Å². The van der Waals surface area contributed by atoms with Crippen molar-refractivity contribution in [2.24, 2.45) is 13.0 Å².